The Labute approximate surface area is 195 Å². The summed E-state index contributed by atoms with van der Waals surface area (Å²) in [5.41, 5.74) is 16.2. The third-order valence-corrected chi connectivity index (χ3v) is 5.20. The third-order valence-electron chi connectivity index (χ3n) is 5.20. The van der Waals surface area contributed by atoms with Crippen LogP contribution in [0.15, 0.2) is 4.99 Å². The number of amides is 3. The molecule has 0 aromatic carbocycles. The summed E-state index contributed by atoms with van der Waals surface area (Å²) in [6.07, 6.45) is 0.630. The van der Waals surface area contributed by atoms with E-state index in [1.165, 1.54) is 4.90 Å². The van der Waals surface area contributed by atoms with Crippen molar-refractivity contribution < 1.29 is 39.3 Å². The van der Waals surface area contributed by atoms with E-state index in [0.717, 1.165) is 0 Å². The number of nitrogens with two attached hydrogens (primary N) is 3. The molecule has 0 saturated carbocycles. The molecule has 1 fully saturated rings. The summed E-state index contributed by atoms with van der Waals surface area (Å²) in [7, 11) is 0. The number of aliphatic imine (C=N–C) groups is 1. The predicted octanol–water partition coefficient (Wildman–Crippen LogP) is -3.73. The lowest BCUT2D eigenvalue weighted by molar-refractivity contribution is -0.144. The first-order chi connectivity index (χ1) is 16.0. The smallest absolute Gasteiger partial charge is 0.326 e. The van der Waals surface area contributed by atoms with Crippen LogP contribution in [0.5, 0.6) is 0 Å². The highest BCUT2D eigenvalue weighted by Gasteiger charge is 2.37. The van der Waals surface area contributed by atoms with Crippen molar-refractivity contribution in [2.45, 2.75) is 62.7 Å². The van der Waals surface area contributed by atoms with Gasteiger partial charge in [0.25, 0.3) is 0 Å². The van der Waals surface area contributed by atoms with Crippen LogP contribution in [0.3, 0.4) is 0 Å². The van der Waals surface area contributed by atoms with E-state index in [-0.39, 0.29) is 51.2 Å². The van der Waals surface area contributed by atoms with Crippen molar-refractivity contribution in [3.63, 3.8) is 0 Å². The number of rotatable bonds is 14. The molecule has 0 aliphatic carbocycles. The molecule has 15 nitrogen and oxygen atoms in total. The van der Waals surface area contributed by atoms with Crippen LogP contribution >= 0.6 is 0 Å². The van der Waals surface area contributed by atoms with Crippen molar-refractivity contribution in [3.05, 3.63) is 0 Å². The number of aliphatic carboxylic acids is 2. The Hall–Kier alpha value is -3.46. The van der Waals surface area contributed by atoms with Gasteiger partial charge in [0.05, 0.1) is 12.6 Å². The monoisotopic (exact) mass is 487 g/mol. The van der Waals surface area contributed by atoms with Crippen LogP contribution in [0.1, 0.15) is 38.5 Å². The van der Waals surface area contributed by atoms with Gasteiger partial charge < -0.3 is 48.1 Å². The Morgan fingerprint density at radius 2 is 1.74 bits per heavy atom. The molecule has 15 heteroatoms. The fourth-order valence-corrected chi connectivity index (χ4v) is 3.41. The minimum Gasteiger partial charge on any atom is -0.481 e. The summed E-state index contributed by atoms with van der Waals surface area (Å²) in [5, 5.41) is 32.2. The standard InChI is InChI=1S/C19H33N7O8/c20-10(5-6-14(28)29)17(32)26-8-2-4-13(26)16(31)25-12(9-27)15(30)24-11(18(33)34)3-1-7-23-19(21)22/h10-13,27H,1-9,20H2,(H,24,30)(H,25,31)(H,28,29)(H,33,34)(H4,21,22,23). The van der Waals surface area contributed by atoms with Gasteiger partial charge in [-0.25, -0.2) is 4.79 Å². The fraction of sp³-hybridized carbons (Fsp3) is 0.684. The van der Waals surface area contributed by atoms with Gasteiger partial charge in [0, 0.05) is 19.5 Å². The maximum Gasteiger partial charge on any atom is 0.326 e. The molecule has 1 aliphatic rings. The summed E-state index contributed by atoms with van der Waals surface area (Å²) >= 11 is 0. The predicted molar refractivity (Wildman–Crippen MR) is 118 cm³/mol. The zero-order valence-electron chi connectivity index (χ0n) is 18.7. The quantitative estimate of drug-likeness (QED) is 0.0670. The molecule has 34 heavy (non-hydrogen) atoms. The normalized spacial score (nSPS) is 17.8. The van der Waals surface area contributed by atoms with Gasteiger partial charge in [-0.15, -0.1) is 0 Å². The molecular weight excluding hydrogens is 454 g/mol. The SMILES string of the molecule is NC(N)=NCCCC(NC(=O)C(CO)NC(=O)C1CCCN1C(=O)C(N)CCC(=O)O)C(=O)O. The topological polar surface area (TPSA) is 264 Å². The van der Waals surface area contributed by atoms with Crippen molar-refractivity contribution in [2.75, 3.05) is 19.7 Å². The highest BCUT2D eigenvalue weighted by molar-refractivity contribution is 5.94. The number of hydrogen-bond donors (Lipinski definition) is 8. The zero-order chi connectivity index (χ0) is 25.8. The number of guanidine groups is 1. The highest BCUT2D eigenvalue weighted by atomic mass is 16.4. The number of aliphatic hydroxyl groups is 1. The second-order valence-electron chi connectivity index (χ2n) is 7.82. The Bertz CT molecular complexity index is 787. The molecule has 0 radical (unpaired) electrons. The van der Waals surface area contributed by atoms with E-state index in [1.807, 2.05) is 0 Å². The number of carboxylic acid groups (broad SMARTS) is 2. The summed E-state index contributed by atoms with van der Waals surface area (Å²) in [4.78, 5) is 64.9. The zero-order valence-corrected chi connectivity index (χ0v) is 18.7. The molecule has 3 amide bonds. The molecule has 1 rings (SSSR count). The van der Waals surface area contributed by atoms with E-state index in [0.29, 0.717) is 6.42 Å². The summed E-state index contributed by atoms with van der Waals surface area (Å²) < 4.78 is 0. The second kappa shape index (κ2) is 13.9. The molecule has 1 aliphatic heterocycles. The fourth-order valence-electron chi connectivity index (χ4n) is 3.41. The Morgan fingerprint density at radius 1 is 1.06 bits per heavy atom. The van der Waals surface area contributed by atoms with Crippen molar-refractivity contribution in [1.29, 1.82) is 0 Å². The Morgan fingerprint density at radius 3 is 2.29 bits per heavy atom. The maximum absolute atomic E-state index is 12.7. The minimum atomic E-state index is -1.45. The summed E-state index contributed by atoms with van der Waals surface area (Å²) in [6, 6.07) is -4.81. The van der Waals surface area contributed by atoms with Gasteiger partial charge in [-0.2, -0.15) is 0 Å². The molecule has 192 valence electrons. The number of nitrogens with one attached hydrogen (secondary N) is 2. The first-order valence-electron chi connectivity index (χ1n) is 10.8. The number of nitrogens with zero attached hydrogens (tertiary/aromatic N) is 2. The van der Waals surface area contributed by atoms with Gasteiger partial charge in [-0.3, -0.25) is 24.2 Å². The largest absolute Gasteiger partial charge is 0.481 e. The number of carboxylic acids is 2. The molecule has 11 N–H and O–H groups in total. The van der Waals surface area contributed by atoms with Crippen molar-refractivity contribution in [1.82, 2.24) is 15.5 Å². The van der Waals surface area contributed by atoms with E-state index < -0.39 is 60.4 Å². The van der Waals surface area contributed by atoms with E-state index in [9.17, 15) is 34.2 Å². The first kappa shape index (κ1) is 28.6. The Kier molecular flexibility index (Phi) is 11.7. The summed E-state index contributed by atoms with van der Waals surface area (Å²) in [6.45, 7) is -0.427. The van der Waals surface area contributed by atoms with Gasteiger partial charge in [0.1, 0.15) is 18.1 Å². The minimum absolute atomic E-state index is 0.00306. The molecular formula is C19H33N7O8. The number of carbonyl (C=O) groups excluding carboxylic acids is 3. The van der Waals surface area contributed by atoms with Gasteiger partial charge >= 0.3 is 11.9 Å². The van der Waals surface area contributed by atoms with Crippen LogP contribution in [0.4, 0.5) is 0 Å². The van der Waals surface area contributed by atoms with Crippen molar-refractivity contribution >= 4 is 35.6 Å². The number of carbonyl (C=O) groups is 5. The molecule has 0 aromatic heterocycles. The van der Waals surface area contributed by atoms with Gasteiger partial charge in [-0.1, -0.05) is 0 Å². The molecule has 0 aromatic rings. The van der Waals surface area contributed by atoms with Gasteiger partial charge in [0.15, 0.2) is 5.96 Å². The average molecular weight is 488 g/mol. The molecule has 1 heterocycles. The lowest BCUT2D eigenvalue weighted by Crippen LogP contribution is -2.57. The van der Waals surface area contributed by atoms with Crippen molar-refractivity contribution in [3.8, 4) is 0 Å². The second-order valence-corrected chi connectivity index (χ2v) is 7.82. The summed E-state index contributed by atoms with van der Waals surface area (Å²) in [5.74, 6) is -4.79. The van der Waals surface area contributed by atoms with Crippen LogP contribution in [0, 0.1) is 0 Å². The highest BCUT2D eigenvalue weighted by Crippen LogP contribution is 2.19. The lowest BCUT2D eigenvalue weighted by atomic mass is 10.1. The Balaban J connectivity index is 2.73. The number of likely N-dealkylation sites (tertiary alicyclic amines) is 1. The van der Waals surface area contributed by atoms with Crippen LogP contribution in [0.2, 0.25) is 0 Å². The molecule has 4 unspecified atom stereocenters. The third kappa shape index (κ3) is 9.19. The van der Waals surface area contributed by atoms with Crippen LogP contribution in [-0.2, 0) is 24.0 Å². The van der Waals surface area contributed by atoms with E-state index >= 15 is 0 Å². The molecule has 0 bridgehead atoms. The van der Waals surface area contributed by atoms with Crippen LogP contribution in [0.25, 0.3) is 0 Å². The average Bonchev–Trinajstić information content (AvgIpc) is 3.26. The molecule has 4 atom stereocenters. The number of hydrogen-bond acceptors (Lipinski definition) is 8. The molecule has 0 spiro atoms. The maximum atomic E-state index is 12.7. The van der Waals surface area contributed by atoms with Gasteiger partial charge in [-0.05, 0) is 32.1 Å². The van der Waals surface area contributed by atoms with E-state index in [1.54, 1.807) is 0 Å². The van der Waals surface area contributed by atoms with Gasteiger partial charge in [0.2, 0.25) is 17.7 Å². The van der Waals surface area contributed by atoms with Crippen molar-refractivity contribution in [2.24, 2.45) is 22.2 Å². The lowest BCUT2D eigenvalue weighted by Gasteiger charge is -2.28. The number of aliphatic hydroxyl groups excluding tert-OH is 1. The molecule has 1 saturated heterocycles. The first-order valence-corrected chi connectivity index (χ1v) is 10.8. The van der Waals surface area contributed by atoms with Crippen LogP contribution < -0.4 is 27.8 Å². The van der Waals surface area contributed by atoms with E-state index in [2.05, 4.69) is 15.6 Å². The van der Waals surface area contributed by atoms with E-state index in [4.69, 9.17) is 22.3 Å². The van der Waals surface area contributed by atoms with Crippen LogP contribution in [-0.4, -0.2) is 99.7 Å².